The summed E-state index contributed by atoms with van der Waals surface area (Å²) in [6.07, 6.45) is 2.31. The number of halogens is 1. The van der Waals surface area contributed by atoms with Crippen molar-refractivity contribution < 1.29 is 14.4 Å². The highest BCUT2D eigenvalue weighted by molar-refractivity contribution is 6.30. The molecular weight excluding hydrogens is 436 g/mol. The van der Waals surface area contributed by atoms with Gasteiger partial charge in [-0.3, -0.25) is 9.59 Å². The molecule has 0 saturated heterocycles. The van der Waals surface area contributed by atoms with Crippen LogP contribution >= 0.6 is 11.6 Å². The number of rotatable bonds is 4. The number of benzene rings is 3. The third kappa shape index (κ3) is 4.69. The Kier molecular flexibility index (Phi) is 6.61. The van der Waals surface area contributed by atoms with E-state index in [1.165, 1.54) is 0 Å². The van der Waals surface area contributed by atoms with E-state index < -0.39 is 0 Å². The van der Waals surface area contributed by atoms with Crippen LogP contribution in [0, 0.1) is 13.8 Å². The number of carbonyl (C=O) groups excluding carboxylic acids is 3. The average Bonchev–Trinajstić information content (AvgIpc) is 2.98. The Hall–Kier alpha value is -3.44. The summed E-state index contributed by atoms with van der Waals surface area (Å²) in [5, 5.41) is 3.45. The molecule has 33 heavy (non-hydrogen) atoms. The minimum Gasteiger partial charge on any atom is -0.322 e. The van der Waals surface area contributed by atoms with Gasteiger partial charge in [-0.2, -0.15) is 0 Å². The van der Waals surface area contributed by atoms with Gasteiger partial charge in [0, 0.05) is 40.0 Å². The molecule has 1 aliphatic heterocycles. The van der Waals surface area contributed by atoms with Crippen LogP contribution in [0.1, 0.15) is 56.2 Å². The second kappa shape index (κ2) is 9.59. The summed E-state index contributed by atoms with van der Waals surface area (Å²) < 4.78 is 0. The highest BCUT2D eigenvalue weighted by Gasteiger charge is 2.28. The van der Waals surface area contributed by atoms with Crippen molar-refractivity contribution in [1.29, 1.82) is 0 Å². The number of nitrogens with zero attached hydrogens (tertiary/aromatic N) is 1. The number of anilines is 2. The van der Waals surface area contributed by atoms with Crippen LogP contribution in [0.3, 0.4) is 0 Å². The lowest BCUT2D eigenvalue weighted by atomic mass is 9.95. The van der Waals surface area contributed by atoms with Gasteiger partial charge in [-0.1, -0.05) is 29.8 Å². The maximum atomic E-state index is 13.5. The van der Waals surface area contributed by atoms with Crippen molar-refractivity contribution in [2.75, 3.05) is 16.8 Å². The lowest BCUT2D eigenvalue weighted by molar-refractivity contribution is -0.109. The van der Waals surface area contributed by atoms with Gasteiger partial charge in [0.25, 0.3) is 11.8 Å². The molecule has 2 amide bonds. The third-order valence-electron chi connectivity index (χ3n) is 6.09. The first kappa shape index (κ1) is 22.7. The van der Waals surface area contributed by atoms with Crippen LogP contribution in [0.5, 0.6) is 0 Å². The van der Waals surface area contributed by atoms with Crippen LogP contribution in [0.4, 0.5) is 11.4 Å². The lowest BCUT2D eigenvalue weighted by Crippen LogP contribution is -2.32. The molecule has 0 aromatic heterocycles. The third-order valence-corrected chi connectivity index (χ3v) is 6.33. The van der Waals surface area contributed by atoms with Gasteiger partial charge in [-0.25, -0.2) is 0 Å². The average molecular weight is 461 g/mol. The zero-order chi connectivity index (χ0) is 23.5. The first-order chi connectivity index (χ1) is 15.9. The summed E-state index contributed by atoms with van der Waals surface area (Å²) in [7, 11) is 0. The quantitative estimate of drug-likeness (QED) is 0.490. The Morgan fingerprint density at radius 2 is 1.79 bits per heavy atom. The standard InChI is InChI=1S/C27H25ClN2O3/c1-17-6-3-4-8-22(17)26(32)29-21-10-11-23(18(2)14-21)27(33)30-13-5-7-19(16-31)24-15-20(28)9-12-25(24)30/h3-4,6,8-12,14-16,19H,5,7,13H2,1-2H3,(H,29,32). The number of amides is 2. The molecule has 168 valence electrons. The van der Waals surface area contributed by atoms with Gasteiger partial charge in [-0.05, 0) is 85.8 Å². The molecule has 3 aromatic carbocycles. The Balaban J connectivity index is 1.61. The molecule has 6 heteroatoms. The van der Waals surface area contributed by atoms with Crippen LogP contribution in [0.2, 0.25) is 5.02 Å². The smallest absolute Gasteiger partial charge is 0.258 e. The SMILES string of the molecule is Cc1ccccc1C(=O)Nc1ccc(C(=O)N2CCCC(C=O)c3cc(Cl)ccc32)c(C)c1. The van der Waals surface area contributed by atoms with Crippen molar-refractivity contribution in [2.45, 2.75) is 32.6 Å². The minimum absolute atomic E-state index is 0.139. The molecule has 1 N–H and O–H groups in total. The molecule has 3 aromatic rings. The second-order valence-electron chi connectivity index (χ2n) is 8.34. The Morgan fingerprint density at radius 3 is 2.52 bits per heavy atom. The highest BCUT2D eigenvalue weighted by Crippen LogP contribution is 2.36. The number of hydrogen-bond donors (Lipinski definition) is 1. The Bertz CT molecular complexity index is 1240. The largest absolute Gasteiger partial charge is 0.322 e. The summed E-state index contributed by atoms with van der Waals surface area (Å²) >= 11 is 6.18. The first-order valence-corrected chi connectivity index (χ1v) is 11.3. The number of nitrogens with one attached hydrogen (secondary N) is 1. The molecule has 5 nitrogen and oxygen atoms in total. The molecule has 1 unspecified atom stereocenters. The van der Waals surface area contributed by atoms with Gasteiger partial charge in [0.15, 0.2) is 0 Å². The summed E-state index contributed by atoms with van der Waals surface area (Å²) in [5.41, 5.74) is 4.94. The van der Waals surface area contributed by atoms with Crippen LogP contribution < -0.4 is 10.2 Å². The molecule has 0 spiro atoms. The van der Waals surface area contributed by atoms with Gasteiger partial charge < -0.3 is 15.0 Å². The van der Waals surface area contributed by atoms with Crippen molar-refractivity contribution in [3.63, 3.8) is 0 Å². The van der Waals surface area contributed by atoms with Crippen LogP contribution in [-0.2, 0) is 4.79 Å². The normalized spacial score (nSPS) is 15.4. The van der Waals surface area contributed by atoms with Crippen molar-refractivity contribution >= 4 is 41.1 Å². The van der Waals surface area contributed by atoms with E-state index in [1.54, 1.807) is 41.3 Å². The fraction of sp³-hybridized carbons (Fsp3) is 0.222. The molecule has 1 aliphatic rings. The molecule has 4 rings (SSSR count). The Labute approximate surface area is 198 Å². The zero-order valence-electron chi connectivity index (χ0n) is 18.6. The maximum Gasteiger partial charge on any atom is 0.258 e. The molecule has 0 saturated carbocycles. The van der Waals surface area contributed by atoms with Crippen LogP contribution in [0.25, 0.3) is 0 Å². The van der Waals surface area contributed by atoms with E-state index in [0.717, 1.165) is 28.7 Å². The van der Waals surface area contributed by atoms with Crippen molar-refractivity contribution in [3.8, 4) is 0 Å². The van der Waals surface area contributed by atoms with E-state index in [9.17, 15) is 14.4 Å². The van der Waals surface area contributed by atoms with Gasteiger partial charge in [0.05, 0.1) is 0 Å². The monoisotopic (exact) mass is 460 g/mol. The van der Waals surface area contributed by atoms with E-state index in [-0.39, 0.29) is 17.7 Å². The molecule has 0 aliphatic carbocycles. The van der Waals surface area contributed by atoms with Gasteiger partial charge >= 0.3 is 0 Å². The fourth-order valence-corrected chi connectivity index (χ4v) is 4.50. The van der Waals surface area contributed by atoms with Crippen LogP contribution in [-0.4, -0.2) is 24.6 Å². The fourth-order valence-electron chi connectivity index (χ4n) is 4.32. The van der Waals surface area contributed by atoms with Gasteiger partial charge in [-0.15, -0.1) is 0 Å². The van der Waals surface area contributed by atoms with E-state index in [2.05, 4.69) is 5.32 Å². The lowest BCUT2D eigenvalue weighted by Gasteiger charge is -2.24. The van der Waals surface area contributed by atoms with Crippen molar-refractivity contribution in [3.05, 3.63) is 93.5 Å². The molecule has 0 fully saturated rings. The van der Waals surface area contributed by atoms with E-state index in [1.807, 2.05) is 38.1 Å². The summed E-state index contributed by atoms with van der Waals surface area (Å²) in [4.78, 5) is 39.6. The zero-order valence-corrected chi connectivity index (χ0v) is 19.4. The van der Waals surface area contributed by atoms with E-state index >= 15 is 0 Å². The number of aldehydes is 1. The molecule has 0 bridgehead atoms. The molecule has 0 radical (unpaired) electrons. The van der Waals surface area contributed by atoms with Crippen molar-refractivity contribution in [2.24, 2.45) is 0 Å². The topological polar surface area (TPSA) is 66.5 Å². The molecule has 1 heterocycles. The number of carbonyl (C=O) groups is 3. The number of hydrogen-bond acceptors (Lipinski definition) is 3. The summed E-state index contributed by atoms with van der Waals surface area (Å²) in [6, 6.07) is 18.0. The Morgan fingerprint density at radius 1 is 1.00 bits per heavy atom. The van der Waals surface area contributed by atoms with Gasteiger partial charge in [0.2, 0.25) is 0 Å². The highest BCUT2D eigenvalue weighted by atomic mass is 35.5. The minimum atomic E-state index is -0.281. The van der Waals surface area contributed by atoms with E-state index in [4.69, 9.17) is 11.6 Å². The molecule has 1 atom stereocenters. The van der Waals surface area contributed by atoms with Crippen LogP contribution in [0.15, 0.2) is 60.7 Å². The predicted molar refractivity (Wildman–Crippen MR) is 131 cm³/mol. The van der Waals surface area contributed by atoms with E-state index in [0.29, 0.717) is 41.2 Å². The number of aryl methyl sites for hydroxylation is 2. The summed E-state index contributed by atoms with van der Waals surface area (Å²) in [5.74, 6) is -0.610. The summed E-state index contributed by atoms with van der Waals surface area (Å²) in [6.45, 7) is 4.26. The number of fused-ring (bicyclic) bond motifs is 1. The van der Waals surface area contributed by atoms with Gasteiger partial charge in [0.1, 0.15) is 6.29 Å². The second-order valence-corrected chi connectivity index (χ2v) is 8.78. The van der Waals surface area contributed by atoms with Crippen molar-refractivity contribution in [1.82, 2.24) is 0 Å². The predicted octanol–water partition coefficient (Wildman–Crippen LogP) is 5.93. The first-order valence-electron chi connectivity index (χ1n) is 10.9. The maximum absolute atomic E-state index is 13.5. The molecular formula is C27H25ClN2O3.